The predicted molar refractivity (Wildman–Crippen MR) is 99.3 cm³/mol. The predicted octanol–water partition coefficient (Wildman–Crippen LogP) is 3.41. The Morgan fingerprint density at radius 2 is 1.17 bits per heavy atom. The monoisotopic (exact) mass is 398 g/mol. The van der Waals surface area contributed by atoms with Crippen LogP contribution in [0.2, 0.25) is 0 Å². The van der Waals surface area contributed by atoms with Crippen molar-refractivity contribution < 1.29 is 29.0 Å². The topological polar surface area (TPSA) is 147 Å². The highest BCUT2D eigenvalue weighted by Gasteiger charge is 2.23. The first-order chi connectivity index (χ1) is 13.6. The first kappa shape index (κ1) is 21.1. The van der Waals surface area contributed by atoms with Gasteiger partial charge in [-0.3, -0.25) is 29.8 Å². The van der Waals surface area contributed by atoms with Gasteiger partial charge in [-0.05, 0) is 38.1 Å². The van der Waals surface area contributed by atoms with E-state index in [0.717, 1.165) is 31.2 Å². The lowest BCUT2D eigenvalue weighted by atomic mass is 9.99. The summed E-state index contributed by atoms with van der Waals surface area (Å²) >= 11 is 0. The summed E-state index contributed by atoms with van der Waals surface area (Å²) in [4.78, 5) is 56.9. The number of esters is 1. The second-order valence-corrected chi connectivity index (χ2v) is 5.81. The lowest BCUT2D eigenvalue weighted by molar-refractivity contribution is -0.385. The Balaban J connectivity index is 2.30. The highest BCUT2D eigenvalue weighted by atomic mass is 16.6. The molecule has 2 aromatic rings. The molecule has 0 atom stereocenters. The number of allylic oxidation sites excluding steroid dienone is 2. The van der Waals surface area contributed by atoms with Crippen LogP contribution >= 0.6 is 0 Å². The molecule has 0 aliphatic heterocycles. The number of non-ortho nitro benzene ring substituents is 2. The van der Waals surface area contributed by atoms with Crippen molar-refractivity contribution in [3.63, 3.8) is 0 Å². The Morgan fingerprint density at radius 1 is 0.759 bits per heavy atom. The van der Waals surface area contributed by atoms with Crippen LogP contribution in [0.25, 0.3) is 0 Å². The van der Waals surface area contributed by atoms with Crippen LogP contribution in [-0.2, 0) is 9.53 Å². The molecular formula is C19H14N2O8. The molecule has 0 N–H and O–H groups in total. The summed E-state index contributed by atoms with van der Waals surface area (Å²) < 4.78 is 5.09. The minimum absolute atomic E-state index is 0.00605. The van der Waals surface area contributed by atoms with Crippen molar-refractivity contribution in [1.82, 2.24) is 0 Å². The molecule has 0 fully saturated rings. The van der Waals surface area contributed by atoms with E-state index in [1.807, 2.05) is 0 Å². The van der Waals surface area contributed by atoms with Gasteiger partial charge in [0.05, 0.1) is 15.4 Å². The van der Waals surface area contributed by atoms with Gasteiger partial charge < -0.3 is 4.74 Å². The molecule has 0 amide bonds. The molecule has 0 radical (unpaired) electrons. The van der Waals surface area contributed by atoms with Gasteiger partial charge in [-0.1, -0.05) is 0 Å². The largest absolute Gasteiger partial charge is 0.427 e. The molecule has 0 spiro atoms. The Kier molecular flexibility index (Phi) is 6.29. The van der Waals surface area contributed by atoms with Gasteiger partial charge in [0.15, 0.2) is 11.6 Å². The summed E-state index contributed by atoms with van der Waals surface area (Å²) in [6.07, 6.45) is 0. The summed E-state index contributed by atoms with van der Waals surface area (Å²) in [5.74, 6) is -2.60. The zero-order chi connectivity index (χ0) is 21.7. The summed E-state index contributed by atoms with van der Waals surface area (Å²) in [7, 11) is 0. The van der Waals surface area contributed by atoms with E-state index >= 15 is 0 Å². The van der Waals surface area contributed by atoms with Crippen molar-refractivity contribution in [2.45, 2.75) is 13.8 Å². The highest BCUT2D eigenvalue weighted by Crippen LogP contribution is 2.20. The molecular weight excluding hydrogens is 384 g/mol. The molecule has 2 aromatic carbocycles. The molecule has 0 aliphatic rings. The fourth-order valence-corrected chi connectivity index (χ4v) is 2.41. The van der Waals surface area contributed by atoms with Gasteiger partial charge in [0.1, 0.15) is 11.3 Å². The fourth-order valence-electron chi connectivity index (χ4n) is 2.41. The molecule has 29 heavy (non-hydrogen) atoms. The van der Waals surface area contributed by atoms with E-state index in [4.69, 9.17) is 4.74 Å². The molecule has 0 aromatic heterocycles. The minimum atomic E-state index is -0.910. The number of ether oxygens (including phenoxy) is 1. The van der Waals surface area contributed by atoms with E-state index in [9.17, 15) is 34.6 Å². The number of Topliss-reactive ketones (excluding diaryl/α,β-unsaturated/α-hetero) is 2. The molecule has 148 valence electrons. The molecule has 0 bridgehead atoms. The molecule has 2 rings (SSSR count). The molecule has 0 saturated heterocycles. The quantitative estimate of drug-likeness (QED) is 0.101. The van der Waals surface area contributed by atoms with Crippen molar-refractivity contribution in [3.8, 4) is 0 Å². The number of rotatable bonds is 7. The van der Waals surface area contributed by atoms with E-state index in [2.05, 4.69) is 0 Å². The first-order valence-electron chi connectivity index (χ1n) is 8.09. The number of nitro groups is 2. The maximum absolute atomic E-state index is 12.6. The van der Waals surface area contributed by atoms with E-state index in [1.54, 1.807) is 0 Å². The Hall–Kier alpha value is -4.21. The second-order valence-electron chi connectivity index (χ2n) is 5.81. The van der Waals surface area contributed by atoms with Crippen molar-refractivity contribution >= 4 is 28.9 Å². The van der Waals surface area contributed by atoms with Crippen molar-refractivity contribution in [2.24, 2.45) is 0 Å². The molecule has 0 unspecified atom stereocenters. The smallest absolute Gasteiger partial charge is 0.343 e. The third-order valence-electron chi connectivity index (χ3n) is 3.83. The number of ketones is 2. The molecule has 0 heterocycles. The van der Waals surface area contributed by atoms with Crippen LogP contribution in [0, 0.1) is 20.2 Å². The minimum Gasteiger partial charge on any atom is -0.427 e. The van der Waals surface area contributed by atoms with Crippen LogP contribution in [0.1, 0.15) is 34.6 Å². The average Bonchev–Trinajstić information content (AvgIpc) is 2.67. The fraction of sp³-hybridized carbons (Fsp3) is 0.105. The third kappa shape index (κ3) is 4.95. The summed E-state index contributed by atoms with van der Waals surface area (Å²) in [6, 6.07) is 9.20. The van der Waals surface area contributed by atoms with Crippen LogP contribution < -0.4 is 0 Å². The Labute approximate surface area is 163 Å². The van der Waals surface area contributed by atoms with Gasteiger partial charge in [0.25, 0.3) is 11.4 Å². The van der Waals surface area contributed by atoms with Crippen LogP contribution in [0.15, 0.2) is 59.9 Å². The first-order valence-corrected chi connectivity index (χ1v) is 8.09. The molecule has 10 heteroatoms. The zero-order valence-electron chi connectivity index (χ0n) is 15.3. The van der Waals surface area contributed by atoms with Gasteiger partial charge in [0, 0.05) is 29.8 Å². The number of hydrogen-bond donors (Lipinski definition) is 0. The molecule has 0 saturated carbocycles. The van der Waals surface area contributed by atoms with E-state index in [1.165, 1.54) is 31.2 Å². The molecule has 10 nitrogen and oxygen atoms in total. The number of nitro benzene ring substituents is 2. The van der Waals surface area contributed by atoms with Crippen LogP contribution in [0.3, 0.4) is 0 Å². The van der Waals surface area contributed by atoms with E-state index in [0.29, 0.717) is 0 Å². The van der Waals surface area contributed by atoms with Crippen molar-refractivity contribution in [2.75, 3.05) is 0 Å². The summed E-state index contributed by atoms with van der Waals surface area (Å²) in [6.45, 7) is 2.37. The zero-order valence-corrected chi connectivity index (χ0v) is 15.3. The van der Waals surface area contributed by atoms with Crippen LogP contribution in [0.4, 0.5) is 11.4 Å². The van der Waals surface area contributed by atoms with E-state index in [-0.39, 0.29) is 28.3 Å². The average molecular weight is 398 g/mol. The number of carbonyl (C=O) groups excluding carboxylic acids is 3. The normalized spacial score (nSPS) is 11.2. The Morgan fingerprint density at radius 3 is 1.55 bits per heavy atom. The maximum Gasteiger partial charge on any atom is 0.343 e. The number of benzene rings is 2. The van der Waals surface area contributed by atoms with Gasteiger partial charge in [-0.15, -0.1) is 0 Å². The lowest BCUT2D eigenvalue weighted by Gasteiger charge is -2.10. The van der Waals surface area contributed by atoms with E-state index < -0.39 is 33.0 Å². The van der Waals surface area contributed by atoms with Gasteiger partial charge >= 0.3 is 5.97 Å². The second kappa shape index (κ2) is 8.65. The van der Waals surface area contributed by atoms with Crippen molar-refractivity contribution in [1.29, 1.82) is 0 Å². The van der Waals surface area contributed by atoms with Gasteiger partial charge in [-0.2, -0.15) is 0 Å². The number of carbonyl (C=O) groups is 3. The molecule has 0 aliphatic carbocycles. The van der Waals surface area contributed by atoms with Crippen LogP contribution in [0.5, 0.6) is 0 Å². The van der Waals surface area contributed by atoms with Gasteiger partial charge in [-0.25, -0.2) is 4.79 Å². The standard InChI is InChI=1S/C19H14N2O8/c1-11(22)17(18(23)13-3-7-15(8-4-13)20(25)26)12(2)29-19(24)14-5-9-16(10-6-14)21(27)28/h3-10H,1-2H3/b17-12-. The maximum atomic E-state index is 12.6. The SMILES string of the molecule is CC(=O)/C(C(=O)c1ccc([N+](=O)[O-])cc1)=C(\C)OC(=O)c1ccc([N+](=O)[O-])cc1. The Bertz CT molecular complexity index is 1040. The lowest BCUT2D eigenvalue weighted by Crippen LogP contribution is -2.16. The third-order valence-corrected chi connectivity index (χ3v) is 3.83. The van der Waals surface area contributed by atoms with Crippen LogP contribution in [-0.4, -0.2) is 27.4 Å². The van der Waals surface area contributed by atoms with Gasteiger partial charge in [0.2, 0.25) is 0 Å². The van der Waals surface area contributed by atoms with Crippen molar-refractivity contribution in [3.05, 3.63) is 91.2 Å². The summed E-state index contributed by atoms with van der Waals surface area (Å²) in [5.41, 5.74) is -0.843. The summed E-state index contributed by atoms with van der Waals surface area (Å²) in [5, 5.41) is 21.4. The highest BCUT2D eigenvalue weighted by molar-refractivity contribution is 6.26. The number of hydrogen-bond acceptors (Lipinski definition) is 8. The number of nitrogens with zero attached hydrogens (tertiary/aromatic N) is 2.